The molecule has 1 aromatic carbocycles. The van der Waals surface area contributed by atoms with Crippen LogP contribution in [0.15, 0.2) is 27.7 Å². The summed E-state index contributed by atoms with van der Waals surface area (Å²) in [5.41, 5.74) is 5.93. The Bertz CT molecular complexity index is 704. The number of halogens is 2. The highest BCUT2D eigenvalue weighted by Crippen LogP contribution is 2.34. The standard InChI is InChI=1S/C17H22BrFN4OS/c1-17(2)10-21-16(25-17)23-7-5-22(6-8-23)14(15(20)24)12-4-3-11(18)9-13(12)19/h3-4,9,14H,5-8,10H2,1-2H3,(H2,20,24). The van der Waals surface area contributed by atoms with E-state index in [2.05, 4.69) is 39.7 Å². The molecule has 1 atom stereocenters. The molecular weight excluding hydrogens is 407 g/mol. The van der Waals surface area contributed by atoms with Crippen molar-refractivity contribution >= 4 is 38.8 Å². The fourth-order valence-electron chi connectivity index (χ4n) is 3.16. The summed E-state index contributed by atoms with van der Waals surface area (Å²) in [5.74, 6) is -0.943. The molecule has 0 saturated carbocycles. The van der Waals surface area contributed by atoms with Crippen LogP contribution < -0.4 is 5.73 Å². The van der Waals surface area contributed by atoms with Gasteiger partial charge < -0.3 is 10.6 Å². The summed E-state index contributed by atoms with van der Waals surface area (Å²) in [4.78, 5) is 20.8. The first kappa shape index (κ1) is 18.7. The third kappa shape index (κ3) is 4.17. The van der Waals surface area contributed by atoms with Crippen molar-refractivity contribution < 1.29 is 9.18 Å². The molecule has 0 aromatic heterocycles. The molecule has 2 aliphatic rings. The fourth-order valence-corrected chi connectivity index (χ4v) is 4.56. The van der Waals surface area contributed by atoms with E-state index in [0.29, 0.717) is 23.1 Å². The number of hydrogen-bond donors (Lipinski definition) is 1. The first-order valence-corrected chi connectivity index (χ1v) is 9.84. The van der Waals surface area contributed by atoms with Crippen LogP contribution in [0, 0.1) is 5.82 Å². The number of nitrogens with two attached hydrogens (primary N) is 1. The molecule has 2 heterocycles. The zero-order chi connectivity index (χ0) is 18.2. The maximum atomic E-state index is 14.3. The normalized spacial score (nSPS) is 21.9. The first-order valence-electron chi connectivity index (χ1n) is 8.23. The van der Waals surface area contributed by atoms with Crippen LogP contribution in [0.2, 0.25) is 0 Å². The summed E-state index contributed by atoms with van der Waals surface area (Å²) in [6, 6.07) is 3.98. The molecule has 1 aromatic rings. The molecule has 2 aliphatic heterocycles. The number of thioether (sulfide) groups is 1. The van der Waals surface area contributed by atoms with E-state index in [1.807, 2.05) is 4.90 Å². The number of amidine groups is 1. The second kappa shape index (κ2) is 7.25. The molecule has 0 aliphatic carbocycles. The van der Waals surface area contributed by atoms with Crippen molar-refractivity contribution in [3.05, 3.63) is 34.1 Å². The second-order valence-corrected chi connectivity index (χ2v) is 9.54. The Hall–Kier alpha value is -1.12. The van der Waals surface area contributed by atoms with E-state index in [-0.39, 0.29) is 4.75 Å². The summed E-state index contributed by atoms with van der Waals surface area (Å²) in [6.45, 7) is 7.98. The topological polar surface area (TPSA) is 61.9 Å². The van der Waals surface area contributed by atoms with Crippen molar-refractivity contribution in [1.82, 2.24) is 9.80 Å². The van der Waals surface area contributed by atoms with Crippen LogP contribution >= 0.6 is 27.7 Å². The number of primary amides is 1. The van der Waals surface area contributed by atoms with Crippen LogP contribution in [0.25, 0.3) is 0 Å². The molecule has 1 unspecified atom stereocenters. The molecule has 1 saturated heterocycles. The van der Waals surface area contributed by atoms with Crippen LogP contribution in [0.3, 0.4) is 0 Å². The lowest BCUT2D eigenvalue weighted by Gasteiger charge is -2.39. The van der Waals surface area contributed by atoms with Gasteiger partial charge in [0.05, 0.1) is 6.54 Å². The van der Waals surface area contributed by atoms with Gasteiger partial charge in [-0.3, -0.25) is 14.7 Å². The quantitative estimate of drug-likeness (QED) is 0.803. The number of amides is 1. The van der Waals surface area contributed by atoms with Crippen molar-refractivity contribution in [2.75, 3.05) is 32.7 Å². The van der Waals surface area contributed by atoms with Crippen molar-refractivity contribution in [3.8, 4) is 0 Å². The number of rotatable bonds is 3. The molecule has 0 spiro atoms. The Kier molecular flexibility index (Phi) is 5.41. The predicted octanol–water partition coefficient (Wildman–Crippen LogP) is 2.61. The zero-order valence-electron chi connectivity index (χ0n) is 14.3. The Morgan fingerprint density at radius 3 is 2.56 bits per heavy atom. The van der Waals surface area contributed by atoms with E-state index in [9.17, 15) is 9.18 Å². The Morgan fingerprint density at radius 2 is 2.04 bits per heavy atom. The van der Waals surface area contributed by atoms with Gasteiger partial charge in [-0.25, -0.2) is 4.39 Å². The average Bonchev–Trinajstić information content (AvgIpc) is 2.90. The molecule has 25 heavy (non-hydrogen) atoms. The number of aliphatic imine (C=N–C) groups is 1. The van der Waals surface area contributed by atoms with Gasteiger partial charge in [-0.2, -0.15) is 0 Å². The first-order chi connectivity index (χ1) is 11.8. The minimum Gasteiger partial charge on any atom is -0.368 e. The van der Waals surface area contributed by atoms with E-state index >= 15 is 0 Å². The fraction of sp³-hybridized carbons (Fsp3) is 0.529. The van der Waals surface area contributed by atoms with Gasteiger partial charge in [0.25, 0.3) is 0 Å². The number of benzene rings is 1. The molecule has 1 fully saturated rings. The second-order valence-electron chi connectivity index (χ2n) is 6.95. The van der Waals surface area contributed by atoms with Crippen LogP contribution in [0.1, 0.15) is 25.5 Å². The van der Waals surface area contributed by atoms with Crippen molar-refractivity contribution in [2.24, 2.45) is 10.7 Å². The van der Waals surface area contributed by atoms with Gasteiger partial charge in [-0.1, -0.05) is 33.8 Å². The summed E-state index contributed by atoms with van der Waals surface area (Å²) in [6.07, 6.45) is 0. The maximum Gasteiger partial charge on any atom is 0.239 e. The molecule has 0 radical (unpaired) electrons. The number of nitrogens with zero attached hydrogens (tertiary/aromatic N) is 3. The summed E-state index contributed by atoms with van der Waals surface area (Å²) >= 11 is 5.03. The van der Waals surface area contributed by atoms with Crippen LogP contribution in [-0.4, -0.2) is 58.3 Å². The smallest absolute Gasteiger partial charge is 0.239 e. The third-order valence-electron chi connectivity index (χ3n) is 4.44. The molecule has 3 rings (SSSR count). The molecular formula is C17H22BrFN4OS. The average molecular weight is 429 g/mol. The highest BCUT2D eigenvalue weighted by atomic mass is 79.9. The predicted molar refractivity (Wildman–Crippen MR) is 103 cm³/mol. The van der Waals surface area contributed by atoms with E-state index in [1.165, 1.54) is 6.07 Å². The lowest BCUT2D eigenvalue weighted by atomic mass is 10.0. The van der Waals surface area contributed by atoms with E-state index < -0.39 is 17.8 Å². The number of carbonyl (C=O) groups excluding carboxylic acids is 1. The molecule has 136 valence electrons. The van der Waals surface area contributed by atoms with Crippen molar-refractivity contribution in [3.63, 3.8) is 0 Å². The monoisotopic (exact) mass is 428 g/mol. The van der Waals surface area contributed by atoms with Crippen LogP contribution in [0.5, 0.6) is 0 Å². The molecule has 2 N–H and O–H groups in total. The SMILES string of the molecule is CC1(C)CN=C(N2CCN(C(C(N)=O)c3ccc(Br)cc3F)CC2)S1. The molecule has 1 amide bonds. The highest BCUT2D eigenvalue weighted by Gasteiger charge is 2.35. The van der Waals surface area contributed by atoms with E-state index in [1.54, 1.807) is 23.9 Å². The highest BCUT2D eigenvalue weighted by molar-refractivity contribution is 9.10. The Labute approximate surface area is 160 Å². The van der Waals surface area contributed by atoms with Gasteiger partial charge in [0.1, 0.15) is 11.9 Å². The molecule has 5 nitrogen and oxygen atoms in total. The van der Waals surface area contributed by atoms with Crippen LogP contribution in [0.4, 0.5) is 4.39 Å². The van der Waals surface area contributed by atoms with Gasteiger partial charge in [-0.15, -0.1) is 0 Å². The zero-order valence-corrected chi connectivity index (χ0v) is 16.7. The van der Waals surface area contributed by atoms with Crippen LogP contribution in [-0.2, 0) is 4.79 Å². The lowest BCUT2D eigenvalue weighted by Crippen LogP contribution is -2.51. The van der Waals surface area contributed by atoms with Gasteiger partial charge in [-0.05, 0) is 26.0 Å². The maximum absolute atomic E-state index is 14.3. The van der Waals surface area contributed by atoms with Gasteiger partial charge in [0, 0.05) is 41.0 Å². The Balaban J connectivity index is 1.70. The van der Waals surface area contributed by atoms with Gasteiger partial charge in [0.2, 0.25) is 5.91 Å². The number of hydrogen-bond acceptors (Lipinski definition) is 5. The number of piperazine rings is 1. The summed E-state index contributed by atoms with van der Waals surface area (Å²) < 4.78 is 15.1. The van der Waals surface area contributed by atoms with Crippen molar-refractivity contribution in [2.45, 2.75) is 24.6 Å². The molecule has 8 heteroatoms. The minimum absolute atomic E-state index is 0.142. The molecule has 0 bridgehead atoms. The number of carbonyl (C=O) groups is 1. The lowest BCUT2D eigenvalue weighted by molar-refractivity contribution is -0.124. The van der Waals surface area contributed by atoms with E-state index in [0.717, 1.165) is 24.8 Å². The summed E-state index contributed by atoms with van der Waals surface area (Å²) in [5, 5.41) is 1.06. The summed E-state index contributed by atoms with van der Waals surface area (Å²) in [7, 11) is 0. The largest absolute Gasteiger partial charge is 0.368 e. The minimum atomic E-state index is -0.745. The van der Waals surface area contributed by atoms with E-state index in [4.69, 9.17) is 5.73 Å². The Morgan fingerprint density at radius 1 is 1.36 bits per heavy atom. The third-order valence-corrected chi connectivity index (χ3v) is 6.18. The van der Waals surface area contributed by atoms with Crippen molar-refractivity contribution in [1.29, 1.82) is 0 Å². The van der Waals surface area contributed by atoms with Gasteiger partial charge >= 0.3 is 0 Å². The van der Waals surface area contributed by atoms with Gasteiger partial charge in [0.15, 0.2) is 5.17 Å².